The molecule has 1 saturated heterocycles. The van der Waals surface area contributed by atoms with Gasteiger partial charge in [-0.2, -0.15) is 0 Å². The Morgan fingerprint density at radius 2 is 1.73 bits per heavy atom. The van der Waals surface area contributed by atoms with Crippen molar-refractivity contribution in [3.05, 3.63) is 0 Å². The third kappa shape index (κ3) is 2.39. The van der Waals surface area contributed by atoms with Crippen LogP contribution in [0, 0.1) is 17.3 Å². The Morgan fingerprint density at radius 1 is 1.27 bits per heavy atom. The zero-order valence-corrected chi connectivity index (χ0v) is 11.6. The molecule has 1 unspecified atom stereocenters. The second-order valence-electron chi connectivity index (χ2n) is 5.62. The van der Waals surface area contributed by atoms with E-state index in [4.69, 9.17) is 0 Å². The van der Waals surface area contributed by atoms with E-state index in [2.05, 4.69) is 37.9 Å². The van der Waals surface area contributed by atoms with Crippen LogP contribution in [-0.4, -0.2) is 33.7 Å². The highest BCUT2D eigenvalue weighted by molar-refractivity contribution is 7.97. The van der Waals surface area contributed by atoms with Crippen molar-refractivity contribution in [1.29, 1.82) is 0 Å². The van der Waals surface area contributed by atoms with E-state index in [0.29, 0.717) is 17.3 Å². The van der Waals surface area contributed by atoms with Gasteiger partial charge in [0.15, 0.2) is 0 Å². The van der Waals surface area contributed by atoms with E-state index in [0.717, 1.165) is 19.5 Å². The van der Waals surface area contributed by atoms with E-state index >= 15 is 0 Å². The molecule has 0 radical (unpaired) electrons. The lowest BCUT2D eigenvalue weighted by Crippen LogP contribution is -2.38. The molecule has 1 rings (SSSR count). The summed E-state index contributed by atoms with van der Waals surface area (Å²) in [5, 5.41) is 0. The number of hydrogen-bond acceptors (Lipinski definition) is 1. The van der Waals surface area contributed by atoms with Gasteiger partial charge in [0.25, 0.3) is 0 Å². The lowest BCUT2D eigenvalue weighted by Gasteiger charge is -2.38. The first-order chi connectivity index (χ1) is 6.70. The molecule has 0 aromatic carbocycles. The first kappa shape index (κ1) is 13.0. The van der Waals surface area contributed by atoms with Crippen molar-refractivity contribution >= 4 is 15.6 Å². The zero-order chi connectivity index (χ0) is 11.9. The molecular formula is C12H25NOS. The maximum atomic E-state index is 11.9. The predicted octanol–water partition coefficient (Wildman–Crippen LogP) is 2.25. The van der Waals surface area contributed by atoms with Gasteiger partial charge in [0, 0.05) is 29.1 Å². The Kier molecular flexibility index (Phi) is 3.56. The summed E-state index contributed by atoms with van der Waals surface area (Å²) in [4.78, 5) is 0. The highest BCUT2D eigenvalue weighted by atomic mass is 32.2. The molecule has 0 aromatic rings. The molecule has 3 heteroatoms. The Bertz CT molecular complexity index is 309. The molecule has 0 N–H and O–H groups in total. The molecule has 1 atom stereocenters. The van der Waals surface area contributed by atoms with Crippen LogP contribution in [0.25, 0.3) is 0 Å². The minimum absolute atomic E-state index is 0.330. The molecule has 0 spiro atoms. The maximum Gasteiger partial charge on any atom is 0.0245 e. The quantitative estimate of drug-likeness (QED) is 0.682. The molecule has 1 aliphatic rings. The normalized spacial score (nSPS) is 26.1. The van der Waals surface area contributed by atoms with Gasteiger partial charge in [-0.3, -0.25) is 4.21 Å². The second-order valence-corrected chi connectivity index (χ2v) is 8.05. The summed E-state index contributed by atoms with van der Waals surface area (Å²) in [7, 11) is -2.01. The molecule has 15 heavy (non-hydrogen) atoms. The van der Waals surface area contributed by atoms with Crippen molar-refractivity contribution in [3.63, 3.8) is 0 Å². The van der Waals surface area contributed by atoms with Crippen molar-refractivity contribution in [3.8, 4) is 0 Å². The summed E-state index contributed by atoms with van der Waals surface area (Å²) in [5.41, 5.74) is 0.330. The van der Waals surface area contributed by atoms with Crippen LogP contribution in [0.15, 0.2) is 0 Å². The fourth-order valence-corrected chi connectivity index (χ4v) is 3.75. The fraction of sp³-hybridized carbons (Fsp3) is 0.917. The van der Waals surface area contributed by atoms with Crippen LogP contribution >= 0.6 is 0 Å². The molecule has 2 nitrogen and oxygen atoms in total. The molecule has 0 aromatic heterocycles. The van der Waals surface area contributed by atoms with E-state index in [1.165, 1.54) is 0 Å². The third-order valence-electron chi connectivity index (χ3n) is 4.14. The standard InChI is InChI=1S/C12H25NOS/c1-10(2)12(11(3)4)7-8-13(9-12)15(5,6)14/h10-11H,5,7-9H2,1-4,6H3. The van der Waals surface area contributed by atoms with Crippen LogP contribution in [0.2, 0.25) is 0 Å². The van der Waals surface area contributed by atoms with Gasteiger partial charge >= 0.3 is 0 Å². The van der Waals surface area contributed by atoms with E-state index in [9.17, 15) is 4.21 Å². The molecule has 90 valence electrons. The number of hydrogen-bond donors (Lipinski definition) is 0. The van der Waals surface area contributed by atoms with Crippen molar-refractivity contribution in [2.75, 3.05) is 19.3 Å². The van der Waals surface area contributed by atoms with Crippen LogP contribution < -0.4 is 0 Å². The highest BCUT2D eigenvalue weighted by Gasteiger charge is 2.44. The van der Waals surface area contributed by atoms with Crippen molar-refractivity contribution in [2.24, 2.45) is 17.3 Å². The smallest absolute Gasteiger partial charge is 0.0245 e. The number of rotatable bonds is 3. The number of nitrogens with zero attached hydrogens (tertiary/aromatic N) is 1. The summed E-state index contributed by atoms with van der Waals surface area (Å²) in [5.74, 6) is 5.08. The fourth-order valence-electron chi connectivity index (χ4n) is 2.76. The van der Waals surface area contributed by atoms with Crippen molar-refractivity contribution < 1.29 is 4.21 Å². The summed E-state index contributed by atoms with van der Waals surface area (Å²) in [6, 6.07) is 0. The lowest BCUT2D eigenvalue weighted by molar-refractivity contribution is 0.131. The molecular weight excluding hydrogens is 206 g/mol. The van der Waals surface area contributed by atoms with Gasteiger partial charge in [-0.15, -0.1) is 0 Å². The van der Waals surface area contributed by atoms with Crippen LogP contribution in [0.5, 0.6) is 0 Å². The molecule has 1 heterocycles. The van der Waals surface area contributed by atoms with Gasteiger partial charge in [-0.05, 0) is 29.5 Å². The second kappa shape index (κ2) is 4.10. The first-order valence-electron chi connectivity index (χ1n) is 5.77. The first-order valence-corrected chi connectivity index (χ1v) is 7.86. The monoisotopic (exact) mass is 231 g/mol. The average molecular weight is 231 g/mol. The van der Waals surface area contributed by atoms with Crippen LogP contribution in [0.1, 0.15) is 34.1 Å². The molecule has 0 saturated carbocycles. The average Bonchev–Trinajstić information content (AvgIpc) is 2.46. The molecule has 0 amide bonds. The SMILES string of the molecule is C=S(C)(=O)N1CCC(C(C)C)(C(C)C)C1. The minimum atomic E-state index is -2.01. The van der Waals surface area contributed by atoms with Gasteiger partial charge < -0.3 is 0 Å². The minimum Gasteiger partial charge on any atom is -0.253 e. The Hall–Kier alpha value is -0.0200. The Balaban J connectivity index is 2.91. The lowest BCUT2D eigenvalue weighted by atomic mass is 9.68. The predicted molar refractivity (Wildman–Crippen MR) is 69.5 cm³/mol. The van der Waals surface area contributed by atoms with Crippen LogP contribution in [-0.2, 0) is 9.71 Å². The summed E-state index contributed by atoms with van der Waals surface area (Å²) >= 11 is 0. The van der Waals surface area contributed by atoms with Gasteiger partial charge in [0.2, 0.25) is 0 Å². The third-order valence-corrected chi connectivity index (χ3v) is 5.55. The van der Waals surface area contributed by atoms with Gasteiger partial charge in [-0.25, -0.2) is 4.31 Å². The van der Waals surface area contributed by atoms with Gasteiger partial charge in [0.1, 0.15) is 0 Å². The van der Waals surface area contributed by atoms with Crippen LogP contribution in [0.3, 0.4) is 0 Å². The summed E-state index contributed by atoms with van der Waals surface area (Å²) < 4.78 is 14.0. The van der Waals surface area contributed by atoms with Crippen molar-refractivity contribution in [1.82, 2.24) is 4.31 Å². The highest BCUT2D eigenvalue weighted by Crippen LogP contribution is 2.44. The van der Waals surface area contributed by atoms with Crippen LogP contribution in [0.4, 0.5) is 0 Å². The molecule has 0 bridgehead atoms. The van der Waals surface area contributed by atoms with Crippen molar-refractivity contribution in [2.45, 2.75) is 34.1 Å². The summed E-state index contributed by atoms with van der Waals surface area (Å²) in [6.07, 6.45) is 2.91. The largest absolute Gasteiger partial charge is 0.253 e. The summed E-state index contributed by atoms with van der Waals surface area (Å²) in [6.45, 7) is 11.0. The zero-order valence-electron chi connectivity index (χ0n) is 10.7. The maximum absolute atomic E-state index is 11.9. The van der Waals surface area contributed by atoms with Gasteiger partial charge in [-0.1, -0.05) is 27.7 Å². The topological polar surface area (TPSA) is 20.3 Å². The molecule has 1 fully saturated rings. The van der Waals surface area contributed by atoms with E-state index in [1.807, 2.05) is 0 Å². The Labute approximate surface area is 95.2 Å². The molecule has 1 aliphatic heterocycles. The van der Waals surface area contributed by atoms with E-state index in [1.54, 1.807) is 6.26 Å². The Morgan fingerprint density at radius 3 is 1.93 bits per heavy atom. The van der Waals surface area contributed by atoms with Gasteiger partial charge in [0.05, 0.1) is 0 Å². The van der Waals surface area contributed by atoms with E-state index in [-0.39, 0.29) is 0 Å². The molecule has 0 aliphatic carbocycles. The van der Waals surface area contributed by atoms with E-state index < -0.39 is 9.71 Å².